The van der Waals surface area contributed by atoms with Gasteiger partial charge in [0, 0.05) is 24.8 Å². The van der Waals surface area contributed by atoms with E-state index in [1.165, 1.54) is 0 Å². The molecule has 0 fully saturated rings. The third-order valence-corrected chi connectivity index (χ3v) is 2.79. The molecule has 0 spiro atoms. The fraction of sp³-hybridized carbons (Fsp3) is 0.538. The predicted octanol–water partition coefficient (Wildman–Crippen LogP) is 1.95. The molecule has 0 aliphatic rings. The molecule has 0 amide bonds. The third kappa shape index (κ3) is 3.83. The van der Waals surface area contributed by atoms with Gasteiger partial charge in [-0.1, -0.05) is 24.6 Å². The molecule has 3 N–H and O–H groups in total. The Morgan fingerprint density at radius 3 is 2.75 bits per heavy atom. The van der Waals surface area contributed by atoms with E-state index in [-0.39, 0.29) is 6.61 Å². The van der Waals surface area contributed by atoms with Crippen molar-refractivity contribution in [1.82, 2.24) is 5.32 Å². The topological polar surface area (TPSA) is 52.5 Å². The lowest BCUT2D eigenvalue weighted by Crippen LogP contribution is -2.28. The summed E-state index contributed by atoms with van der Waals surface area (Å²) in [5.41, 5.74) is 2.06. The Morgan fingerprint density at radius 1 is 1.38 bits per heavy atom. The second kappa shape index (κ2) is 6.51. The number of hydrogen-bond donors (Lipinski definition) is 3. The second-order valence-corrected chi connectivity index (χ2v) is 4.13. The van der Waals surface area contributed by atoms with Crippen molar-refractivity contribution in [2.24, 2.45) is 0 Å². The fourth-order valence-electron chi connectivity index (χ4n) is 1.72. The molecule has 0 heterocycles. The fourth-order valence-corrected chi connectivity index (χ4v) is 1.72. The first-order valence-electron chi connectivity index (χ1n) is 5.80. The molecule has 90 valence electrons. The van der Waals surface area contributed by atoms with Gasteiger partial charge in [0.1, 0.15) is 5.75 Å². The lowest BCUT2D eigenvalue weighted by Gasteiger charge is -2.16. The van der Waals surface area contributed by atoms with E-state index in [1.807, 2.05) is 19.1 Å². The summed E-state index contributed by atoms with van der Waals surface area (Å²) >= 11 is 0. The number of rotatable bonds is 6. The van der Waals surface area contributed by atoms with Crippen molar-refractivity contribution in [3.8, 4) is 5.75 Å². The van der Waals surface area contributed by atoms with E-state index in [1.54, 1.807) is 6.07 Å². The quantitative estimate of drug-likeness (QED) is 0.691. The average Bonchev–Trinajstić information content (AvgIpc) is 2.28. The zero-order valence-electron chi connectivity index (χ0n) is 10.0. The summed E-state index contributed by atoms with van der Waals surface area (Å²) in [7, 11) is 0. The first kappa shape index (κ1) is 13.0. The lowest BCUT2D eigenvalue weighted by molar-refractivity contribution is 0.261. The predicted molar refractivity (Wildman–Crippen MR) is 65.5 cm³/mol. The van der Waals surface area contributed by atoms with Gasteiger partial charge in [0.05, 0.1) is 0 Å². The minimum atomic E-state index is 0.200. The van der Waals surface area contributed by atoms with Gasteiger partial charge in [0.2, 0.25) is 0 Å². The van der Waals surface area contributed by atoms with E-state index in [0.717, 1.165) is 24.0 Å². The van der Waals surface area contributed by atoms with E-state index in [0.29, 0.717) is 18.3 Å². The smallest absolute Gasteiger partial charge is 0.120 e. The van der Waals surface area contributed by atoms with Gasteiger partial charge in [-0.3, -0.25) is 0 Å². The van der Waals surface area contributed by atoms with Gasteiger partial charge >= 0.3 is 0 Å². The highest BCUT2D eigenvalue weighted by molar-refractivity contribution is 5.35. The van der Waals surface area contributed by atoms with E-state index < -0.39 is 0 Å². The Bertz CT molecular complexity index is 326. The molecule has 1 atom stereocenters. The van der Waals surface area contributed by atoms with Crippen LogP contribution < -0.4 is 5.32 Å². The molecular formula is C13H21NO2. The maximum Gasteiger partial charge on any atom is 0.120 e. The SMILES string of the molecule is CCC(CCO)NCc1cc(C)ccc1O. The highest BCUT2D eigenvalue weighted by atomic mass is 16.3. The second-order valence-electron chi connectivity index (χ2n) is 4.13. The van der Waals surface area contributed by atoms with E-state index >= 15 is 0 Å². The van der Waals surface area contributed by atoms with Crippen LogP contribution in [-0.2, 0) is 6.54 Å². The van der Waals surface area contributed by atoms with Crippen LogP contribution in [0.25, 0.3) is 0 Å². The zero-order chi connectivity index (χ0) is 12.0. The molecule has 0 aromatic heterocycles. The number of aliphatic hydroxyl groups excluding tert-OH is 1. The van der Waals surface area contributed by atoms with Crippen LogP contribution in [0, 0.1) is 6.92 Å². The largest absolute Gasteiger partial charge is 0.508 e. The molecule has 1 unspecified atom stereocenters. The maximum atomic E-state index is 9.66. The first-order chi connectivity index (χ1) is 7.67. The molecule has 3 nitrogen and oxygen atoms in total. The number of hydrogen-bond acceptors (Lipinski definition) is 3. The molecule has 0 radical (unpaired) electrons. The lowest BCUT2D eigenvalue weighted by atomic mass is 10.1. The van der Waals surface area contributed by atoms with E-state index in [9.17, 15) is 5.11 Å². The monoisotopic (exact) mass is 223 g/mol. The van der Waals surface area contributed by atoms with Crippen LogP contribution in [0.4, 0.5) is 0 Å². The first-order valence-corrected chi connectivity index (χ1v) is 5.80. The van der Waals surface area contributed by atoms with Crippen LogP contribution in [0.1, 0.15) is 30.9 Å². The summed E-state index contributed by atoms with van der Waals surface area (Å²) < 4.78 is 0. The molecule has 16 heavy (non-hydrogen) atoms. The van der Waals surface area contributed by atoms with Crippen molar-refractivity contribution in [2.75, 3.05) is 6.61 Å². The van der Waals surface area contributed by atoms with Crippen molar-refractivity contribution in [3.05, 3.63) is 29.3 Å². The molecule has 1 rings (SSSR count). The van der Waals surface area contributed by atoms with Gasteiger partial charge < -0.3 is 15.5 Å². The summed E-state index contributed by atoms with van der Waals surface area (Å²) in [5.74, 6) is 0.331. The number of nitrogens with one attached hydrogen (secondary N) is 1. The maximum absolute atomic E-state index is 9.66. The number of benzene rings is 1. The van der Waals surface area contributed by atoms with E-state index in [4.69, 9.17) is 5.11 Å². The Hall–Kier alpha value is -1.06. The van der Waals surface area contributed by atoms with Crippen molar-refractivity contribution >= 4 is 0 Å². The standard InChI is InChI=1S/C13H21NO2/c1-3-12(6-7-15)14-9-11-8-10(2)4-5-13(11)16/h4-5,8,12,14-16H,3,6-7,9H2,1-2H3. The minimum absolute atomic E-state index is 0.200. The number of aromatic hydroxyl groups is 1. The van der Waals surface area contributed by atoms with Gasteiger partial charge in [-0.05, 0) is 25.8 Å². The normalized spacial score (nSPS) is 12.7. The van der Waals surface area contributed by atoms with Gasteiger partial charge in [0.15, 0.2) is 0 Å². The number of aryl methyl sites for hydroxylation is 1. The zero-order valence-corrected chi connectivity index (χ0v) is 10.0. The molecule has 0 saturated heterocycles. The van der Waals surface area contributed by atoms with Crippen LogP contribution >= 0.6 is 0 Å². The molecule has 3 heteroatoms. The van der Waals surface area contributed by atoms with Gasteiger partial charge in [-0.2, -0.15) is 0 Å². The third-order valence-electron chi connectivity index (χ3n) is 2.79. The van der Waals surface area contributed by atoms with Crippen molar-refractivity contribution in [2.45, 2.75) is 39.3 Å². The Labute approximate surface area is 97.1 Å². The Balaban J connectivity index is 2.55. The van der Waals surface area contributed by atoms with Gasteiger partial charge in [-0.25, -0.2) is 0 Å². The minimum Gasteiger partial charge on any atom is -0.508 e. The highest BCUT2D eigenvalue weighted by Crippen LogP contribution is 2.18. The summed E-state index contributed by atoms with van der Waals surface area (Å²) in [6.07, 6.45) is 1.73. The molecule has 0 aliphatic carbocycles. The molecule has 0 aliphatic heterocycles. The molecule has 0 saturated carbocycles. The van der Waals surface area contributed by atoms with Crippen molar-refractivity contribution < 1.29 is 10.2 Å². The molecule has 0 bridgehead atoms. The van der Waals surface area contributed by atoms with Crippen LogP contribution in [0.2, 0.25) is 0 Å². The summed E-state index contributed by atoms with van der Waals surface area (Å²) in [4.78, 5) is 0. The van der Waals surface area contributed by atoms with Gasteiger partial charge in [-0.15, -0.1) is 0 Å². The summed E-state index contributed by atoms with van der Waals surface area (Å²) in [5, 5.41) is 21.9. The Kier molecular flexibility index (Phi) is 5.29. The van der Waals surface area contributed by atoms with Crippen molar-refractivity contribution in [3.63, 3.8) is 0 Å². The van der Waals surface area contributed by atoms with Crippen LogP contribution in [0.5, 0.6) is 5.75 Å². The van der Waals surface area contributed by atoms with Gasteiger partial charge in [0.25, 0.3) is 0 Å². The number of phenols is 1. The van der Waals surface area contributed by atoms with Crippen molar-refractivity contribution in [1.29, 1.82) is 0 Å². The Morgan fingerprint density at radius 2 is 2.12 bits per heavy atom. The highest BCUT2D eigenvalue weighted by Gasteiger charge is 2.06. The van der Waals surface area contributed by atoms with Crippen LogP contribution in [0.3, 0.4) is 0 Å². The summed E-state index contributed by atoms with van der Waals surface area (Å²) in [6.45, 7) is 4.94. The van der Waals surface area contributed by atoms with Crippen LogP contribution in [0.15, 0.2) is 18.2 Å². The molecule has 1 aromatic carbocycles. The number of aliphatic hydroxyl groups is 1. The number of phenolic OH excluding ortho intramolecular Hbond substituents is 1. The molecular weight excluding hydrogens is 202 g/mol. The average molecular weight is 223 g/mol. The van der Waals surface area contributed by atoms with E-state index in [2.05, 4.69) is 12.2 Å². The van der Waals surface area contributed by atoms with Crippen LogP contribution in [-0.4, -0.2) is 22.9 Å². The summed E-state index contributed by atoms with van der Waals surface area (Å²) in [6, 6.07) is 5.90. The molecule has 1 aromatic rings.